The third-order valence-electron chi connectivity index (χ3n) is 4.13. The van der Waals surface area contributed by atoms with Crippen LogP contribution in [0, 0.1) is 5.92 Å². The van der Waals surface area contributed by atoms with Crippen LogP contribution in [0.15, 0.2) is 34.3 Å². The summed E-state index contributed by atoms with van der Waals surface area (Å²) in [6, 6.07) is 4.41. The van der Waals surface area contributed by atoms with E-state index in [1.165, 1.54) is 12.1 Å². The monoisotopic (exact) mass is 383 g/mol. The smallest absolute Gasteiger partial charge is 0.325 e. The first-order valence-electron chi connectivity index (χ1n) is 8.13. The maximum atomic E-state index is 12.7. The van der Waals surface area contributed by atoms with Crippen LogP contribution in [0.2, 0.25) is 0 Å². The predicted molar refractivity (Wildman–Crippen MR) is 94.4 cm³/mol. The summed E-state index contributed by atoms with van der Waals surface area (Å²) in [5.74, 6) is -1.04. The molecule has 1 aromatic rings. The molecule has 2 aliphatic rings. The van der Waals surface area contributed by atoms with Crippen molar-refractivity contribution in [1.82, 2.24) is 0 Å². The largest absolute Gasteiger partial charge is 0.416 e. The normalized spacial score (nSPS) is 20.1. The summed E-state index contributed by atoms with van der Waals surface area (Å²) in [5, 5.41) is 2.65. The van der Waals surface area contributed by atoms with Gasteiger partial charge >= 0.3 is 6.18 Å². The summed E-state index contributed by atoms with van der Waals surface area (Å²) >= 11 is 1.00. The third kappa shape index (κ3) is 4.51. The highest BCUT2D eigenvalue weighted by Gasteiger charge is 2.31. The minimum Gasteiger partial charge on any atom is -0.325 e. The van der Waals surface area contributed by atoms with Crippen LogP contribution in [0.25, 0.3) is 0 Å². The maximum absolute atomic E-state index is 12.7. The van der Waals surface area contributed by atoms with Gasteiger partial charge in [-0.2, -0.15) is 18.2 Å². The molecule has 0 spiro atoms. The molecule has 0 aromatic heterocycles. The molecular weight excluding hydrogens is 367 g/mol. The van der Waals surface area contributed by atoms with Crippen molar-refractivity contribution >= 4 is 40.1 Å². The average Bonchev–Trinajstić information content (AvgIpc) is 2.59. The number of benzene rings is 1. The van der Waals surface area contributed by atoms with Crippen molar-refractivity contribution in [1.29, 1.82) is 0 Å². The summed E-state index contributed by atoms with van der Waals surface area (Å²) in [6.45, 7) is 0. The van der Waals surface area contributed by atoms with Crippen LogP contribution in [-0.2, 0) is 15.8 Å². The number of rotatable bonds is 3. The van der Waals surface area contributed by atoms with E-state index in [-0.39, 0.29) is 28.4 Å². The molecule has 1 aromatic carbocycles. The molecule has 3 rings (SSSR count). The number of thioether (sulfide) groups is 1. The zero-order valence-electron chi connectivity index (χ0n) is 13.7. The highest BCUT2D eigenvalue weighted by atomic mass is 32.2. The molecule has 5 nitrogen and oxygen atoms in total. The molecule has 26 heavy (non-hydrogen) atoms. The molecule has 1 aliphatic heterocycles. The molecule has 1 aliphatic carbocycles. The van der Waals surface area contributed by atoms with Gasteiger partial charge in [0.2, 0.25) is 5.91 Å². The topological polar surface area (TPSA) is 70.9 Å². The Bertz CT molecular complexity index is 790. The van der Waals surface area contributed by atoms with Gasteiger partial charge in [-0.1, -0.05) is 24.2 Å². The van der Waals surface area contributed by atoms with Gasteiger partial charge in [-0.25, -0.2) is 4.99 Å². The number of carbonyl (C=O) groups excluding carboxylic acids is 2. The first-order valence-corrected chi connectivity index (χ1v) is 9.11. The number of halogens is 3. The summed E-state index contributed by atoms with van der Waals surface area (Å²) < 4.78 is 38.1. The van der Waals surface area contributed by atoms with Crippen LogP contribution >= 0.6 is 11.8 Å². The Balaban J connectivity index is 1.58. The molecule has 9 heteroatoms. The van der Waals surface area contributed by atoms with E-state index in [4.69, 9.17) is 0 Å². The van der Waals surface area contributed by atoms with Gasteiger partial charge < -0.3 is 5.32 Å². The van der Waals surface area contributed by atoms with Crippen LogP contribution in [0.3, 0.4) is 0 Å². The van der Waals surface area contributed by atoms with Gasteiger partial charge in [0.25, 0.3) is 5.91 Å². The van der Waals surface area contributed by atoms with Crippen molar-refractivity contribution in [2.24, 2.45) is 15.9 Å². The first-order chi connectivity index (χ1) is 12.3. The molecule has 1 atom stereocenters. The second-order valence-corrected chi connectivity index (χ2v) is 6.99. The number of nitrogens with zero attached hydrogens (tertiary/aromatic N) is 2. The highest BCUT2D eigenvalue weighted by Crippen LogP contribution is 2.31. The van der Waals surface area contributed by atoms with Crippen molar-refractivity contribution in [3.8, 4) is 0 Å². The first kappa shape index (κ1) is 18.6. The molecule has 1 N–H and O–H groups in total. The fourth-order valence-corrected chi connectivity index (χ4v) is 3.55. The average molecular weight is 383 g/mol. The van der Waals surface area contributed by atoms with Crippen molar-refractivity contribution in [3.05, 3.63) is 29.8 Å². The lowest BCUT2D eigenvalue weighted by Crippen LogP contribution is -2.30. The number of alkyl halides is 3. The van der Waals surface area contributed by atoms with Gasteiger partial charge in [0.1, 0.15) is 0 Å². The predicted octanol–water partition coefficient (Wildman–Crippen LogP) is 3.90. The molecule has 1 unspecified atom stereocenters. The molecule has 138 valence electrons. The third-order valence-corrected chi connectivity index (χ3v) is 4.97. The van der Waals surface area contributed by atoms with Crippen LogP contribution in [0.4, 0.5) is 18.9 Å². The second-order valence-electron chi connectivity index (χ2n) is 6.05. The van der Waals surface area contributed by atoms with E-state index >= 15 is 0 Å². The van der Waals surface area contributed by atoms with Gasteiger partial charge in [-0.15, -0.1) is 0 Å². The number of fused-ring (bicyclic) bond motifs is 1. The summed E-state index contributed by atoms with van der Waals surface area (Å²) in [4.78, 5) is 32.3. The van der Waals surface area contributed by atoms with Gasteiger partial charge in [0, 0.05) is 11.4 Å². The lowest BCUT2D eigenvalue weighted by atomic mass is 9.86. The number of anilines is 1. The maximum Gasteiger partial charge on any atom is 0.416 e. The minimum absolute atomic E-state index is 0.0609. The fraction of sp³-hybridized carbons (Fsp3) is 0.412. The number of hydrogen-bond donors (Lipinski definition) is 1. The second kappa shape index (κ2) is 7.61. The molecule has 0 saturated heterocycles. The van der Waals surface area contributed by atoms with Gasteiger partial charge in [-0.3, -0.25) is 9.59 Å². The Morgan fingerprint density at radius 3 is 2.85 bits per heavy atom. The van der Waals surface area contributed by atoms with Crippen LogP contribution in [0.1, 0.15) is 31.2 Å². The van der Waals surface area contributed by atoms with E-state index < -0.39 is 17.6 Å². The Hall–Kier alpha value is -2.16. The van der Waals surface area contributed by atoms with E-state index in [1.807, 2.05) is 0 Å². The fourth-order valence-electron chi connectivity index (χ4n) is 2.88. The van der Waals surface area contributed by atoms with Crippen molar-refractivity contribution in [2.45, 2.75) is 31.9 Å². The van der Waals surface area contributed by atoms with Crippen LogP contribution in [0.5, 0.6) is 0 Å². The Morgan fingerprint density at radius 2 is 2.08 bits per heavy atom. The number of hydrogen-bond acceptors (Lipinski definition) is 4. The molecular formula is C17H16F3N3O2S. The van der Waals surface area contributed by atoms with Crippen molar-refractivity contribution < 1.29 is 22.8 Å². The van der Waals surface area contributed by atoms with Crippen molar-refractivity contribution in [3.63, 3.8) is 0 Å². The Labute approximate surface area is 152 Å². The van der Waals surface area contributed by atoms with Gasteiger partial charge in [0.15, 0.2) is 5.17 Å². The minimum atomic E-state index is -4.47. The molecule has 1 fully saturated rings. The van der Waals surface area contributed by atoms with Crippen LogP contribution < -0.4 is 5.32 Å². The van der Waals surface area contributed by atoms with Gasteiger partial charge in [-0.05, 0) is 37.5 Å². The summed E-state index contributed by atoms with van der Waals surface area (Å²) in [5.41, 5.74) is 0.0442. The van der Waals surface area contributed by atoms with E-state index in [1.54, 1.807) is 0 Å². The number of amides is 2. The molecule has 1 heterocycles. The molecule has 1 saturated carbocycles. The molecule has 2 amide bonds. The summed E-state index contributed by atoms with van der Waals surface area (Å²) in [6.07, 6.45) is -0.996. The van der Waals surface area contributed by atoms with Crippen molar-refractivity contribution in [2.75, 3.05) is 11.1 Å². The lowest BCUT2D eigenvalue weighted by molar-refractivity contribution is -0.137. The standard InChI is InChI=1S/C17H16F3N3O2S/c18-17(19,20)10-4-3-5-11(8-10)21-14(24)9-26-16-22-13-7-2-1-6-12(13)15(25)23-16/h3-5,8,12H,1-2,6-7,9H2,(H,21,24). The molecule has 0 radical (unpaired) electrons. The van der Waals surface area contributed by atoms with Gasteiger partial charge in [0.05, 0.1) is 17.2 Å². The number of amidine groups is 1. The quantitative estimate of drug-likeness (QED) is 0.860. The van der Waals surface area contributed by atoms with E-state index in [9.17, 15) is 22.8 Å². The SMILES string of the molecule is O=C(CSC1=NC(=O)C2CCCCC2=N1)Nc1cccc(C(F)(F)F)c1. The zero-order chi connectivity index (χ0) is 18.7. The highest BCUT2D eigenvalue weighted by molar-refractivity contribution is 8.14. The number of nitrogens with one attached hydrogen (secondary N) is 1. The molecule has 0 bridgehead atoms. The Kier molecular flexibility index (Phi) is 5.45. The number of carbonyl (C=O) groups is 2. The number of aliphatic imine (C=N–C) groups is 2. The van der Waals surface area contributed by atoms with E-state index in [0.29, 0.717) is 0 Å². The van der Waals surface area contributed by atoms with E-state index in [2.05, 4.69) is 15.3 Å². The summed E-state index contributed by atoms with van der Waals surface area (Å²) in [7, 11) is 0. The Morgan fingerprint density at radius 1 is 1.27 bits per heavy atom. The van der Waals surface area contributed by atoms with E-state index in [0.717, 1.165) is 55.3 Å². The van der Waals surface area contributed by atoms with Crippen LogP contribution in [-0.4, -0.2) is 28.4 Å². The lowest BCUT2D eigenvalue weighted by Gasteiger charge is -2.24. The zero-order valence-corrected chi connectivity index (χ0v) is 14.5.